The highest BCUT2D eigenvalue weighted by Gasteiger charge is 2.22. The van der Waals surface area contributed by atoms with Crippen molar-refractivity contribution in [2.75, 3.05) is 24.3 Å². The molecule has 0 aliphatic carbocycles. The van der Waals surface area contributed by atoms with Gasteiger partial charge < -0.3 is 15.8 Å². The number of aromatic nitrogens is 1. The number of nitrogens with two attached hydrogens (primary N) is 1. The lowest BCUT2D eigenvalue weighted by atomic mass is 9.99. The minimum atomic E-state index is 0.0219. The molecule has 1 fully saturated rings. The van der Waals surface area contributed by atoms with Gasteiger partial charge in [-0.25, -0.2) is 4.98 Å². The number of anilines is 2. The summed E-state index contributed by atoms with van der Waals surface area (Å²) in [6.45, 7) is 3.20. The summed E-state index contributed by atoms with van der Waals surface area (Å²) in [7, 11) is 0. The molecule has 0 unspecified atom stereocenters. The molecule has 0 spiro atoms. The average molecular weight is 235 g/mol. The van der Waals surface area contributed by atoms with Gasteiger partial charge in [0.2, 0.25) is 5.91 Å². The molecular weight excluding hydrogens is 218 g/mol. The molecule has 1 aromatic rings. The van der Waals surface area contributed by atoms with Gasteiger partial charge >= 0.3 is 0 Å². The monoisotopic (exact) mass is 235 g/mol. The SMILES string of the molecule is Cc1cc(N)cnc1NC(=O)C1CCOCC1. The third-order valence-electron chi connectivity index (χ3n) is 2.93. The fourth-order valence-electron chi connectivity index (χ4n) is 1.91. The van der Waals surface area contributed by atoms with E-state index in [-0.39, 0.29) is 11.8 Å². The Kier molecular flexibility index (Phi) is 3.58. The van der Waals surface area contributed by atoms with Crippen molar-refractivity contribution in [1.29, 1.82) is 0 Å². The first kappa shape index (κ1) is 11.9. The fraction of sp³-hybridized carbons (Fsp3) is 0.500. The Morgan fingerprint density at radius 3 is 2.88 bits per heavy atom. The zero-order valence-electron chi connectivity index (χ0n) is 9.90. The number of nitrogens with one attached hydrogen (secondary N) is 1. The minimum Gasteiger partial charge on any atom is -0.397 e. The molecular formula is C12H17N3O2. The Bertz CT molecular complexity index is 414. The quantitative estimate of drug-likeness (QED) is 0.810. The van der Waals surface area contributed by atoms with Crippen molar-refractivity contribution in [1.82, 2.24) is 4.98 Å². The third-order valence-corrected chi connectivity index (χ3v) is 2.93. The van der Waals surface area contributed by atoms with Gasteiger partial charge in [0.1, 0.15) is 5.82 Å². The molecule has 0 atom stereocenters. The van der Waals surface area contributed by atoms with Crippen LogP contribution in [0.5, 0.6) is 0 Å². The maximum atomic E-state index is 12.0. The van der Waals surface area contributed by atoms with Gasteiger partial charge in [-0.05, 0) is 31.4 Å². The number of hydrogen-bond acceptors (Lipinski definition) is 4. The summed E-state index contributed by atoms with van der Waals surface area (Å²) in [6.07, 6.45) is 3.10. The molecule has 0 saturated carbocycles. The summed E-state index contributed by atoms with van der Waals surface area (Å²) in [6, 6.07) is 1.80. The molecule has 0 radical (unpaired) electrons. The van der Waals surface area contributed by atoms with Crippen LogP contribution < -0.4 is 11.1 Å². The van der Waals surface area contributed by atoms with E-state index in [1.807, 2.05) is 6.92 Å². The van der Waals surface area contributed by atoms with E-state index in [1.165, 1.54) is 0 Å². The molecule has 92 valence electrons. The Hall–Kier alpha value is -1.62. The van der Waals surface area contributed by atoms with Crippen molar-refractivity contribution in [3.63, 3.8) is 0 Å². The first-order chi connectivity index (χ1) is 8.16. The second-order valence-corrected chi connectivity index (χ2v) is 4.31. The highest BCUT2D eigenvalue weighted by atomic mass is 16.5. The standard InChI is InChI=1S/C12H17N3O2/c1-8-6-10(13)7-14-11(8)15-12(16)9-2-4-17-5-3-9/h6-7,9H,2-5,13H2,1H3,(H,14,15,16). The predicted molar refractivity (Wildman–Crippen MR) is 65.6 cm³/mol. The van der Waals surface area contributed by atoms with Gasteiger partial charge in [-0.15, -0.1) is 0 Å². The van der Waals surface area contributed by atoms with Gasteiger partial charge in [0.05, 0.1) is 11.9 Å². The topological polar surface area (TPSA) is 77.2 Å². The molecule has 17 heavy (non-hydrogen) atoms. The molecule has 3 N–H and O–H groups in total. The van der Waals surface area contributed by atoms with Crippen LogP contribution >= 0.6 is 0 Å². The molecule has 5 nitrogen and oxygen atoms in total. The number of ether oxygens (including phenoxy) is 1. The summed E-state index contributed by atoms with van der Waals surface area (Å²) < 4.78 is 5.23. The molecule has 1 aromatic heterocycles. The number of nitrogens with zero attached hydrogens (tertiary/aromatic N) is 1. The Balaban J connectivity index is 2.02. The second kappa shape index (κ2) is 5.14. The van der Waals surface area contributed by atoms with Crippen molar-refractivity contribution >= 4 is 17.4 Å². The highest BCUT2D eigenvalue weighted by molar-refractivity contribution is 5.92. The minimum absolute atomic E-state index is 0.0219. The lowest BCUT2D eigenvalue weighted by molar-refractivity contribution is -0.122. The highest BCUT2D eigenvalue weighted by Crippen LogP contribution is 2.19. The van der Waals surface area contributed by atoms with E-state index < -0.39 is 0 Å². The van der Waals surface area contributed by atoms with E-state index in [0.29, 0.717) is 24.7 Å². The van der Waals surface area contributed by atoms with Crippen molar-refractivity contribution < 1.29 is 9.53 Å². The van der Waals surface area contributed by atoms with Gasteiger partial charge in [-0.3, -0.25) is 4.79 Å². The Morgan fingerprint density at radius 2 is 2.24 bits per heavy atom. The molecule has 0 aromatic carbocycles. The fourth-order valence-corrected chi connectivity index (χ4v) is 1.91. The van der Waals surface area contributed by atoms with E-state index in [1.54, 1.807) is 12.3 Å². The van der Waals surface area contributed by atoms with Crippen LogP contribution in [0, 0.1) is 12.8 Å². The zero-order chi connectivity index (χ0) is 12.3. The average Bonchev–Trinajstić information content (AvgIpc) is 2.34. The van der Waals surface area contributed by atoms with Crippen molar-refractivity contribution in [3.05, 3.63) is 17.8 Å². The number of rotatable bonds is 2. The molecule has 5 heteroatoms. The molecule has 1 aliphatic heterocycles. The van der Waals surface area contributed by atoms with Crippen LogP contribution in [0.25, 0.3) is 0 Å². The van der Waals surface area contributed by atoms with Crippen molar-refractivity contribution in [2.24, 2.45) is 5.92 Å². The molecule has 0 bridgehead atoms. The van der Waals surface area contributed by atoms with Gasteiger partial charge in [-0.1, -0.05) is 0 Å². The molecule has 1 saturated heterocycles. The smallest absolute Gasteiger partial charge is 0.228 e. The normalized spacial score (nSPS) is 16.8. The van der Waals surface area contributed by atoms with E-state index in [2.05, 4.69) is 10.3 Å². The molecule has 1 aliphatic rings. The number of nitrogen functional groups attached to an aromatic ring is 1. The molecule has 2 rings (SSSR count). The van der Waals surface area contributed by atoms with Crippen LogP contribution in [0.1, 0.15) is 18.4 Å². The van der Waals surface area contributed by atoms with Crippen LogP contribution in [-0.2, 0) is 9.53 Å². The lowest BCUT2D eigenvalue weighted by Gasteiger charge is -2.21. The summed E-state index contributed by atoms with van der Waals surface area (Å²) >= 11 is 0. The van der Waals surface area contributed by atoms with Crippen LogP contribution in [0.4, 0.5) is 11.5 Å². The van der Waals surface area contributed by atoms with Crippen molar-refractivity contribution in [3.8, 4) is 0 Å². The van der Waals surface area contributed by atoms with Gasteiger partial charge in [0, 0.05) is 19.1 Å². The van der Waals surface area contributed by atoms with Gasteiger partial charge in [0.25, 0.3) is 0 Å². The van der Waals surface area contributed by atoms with E-state index in [0.717, 1.165) is 18.4 Å². The van der Waals surface area contributed by atoms with Crippen LogP contribution in [0.3, 0.4) is 0 Å². The number of amides is 1. The number of carbonyl (C=O) groups excluding carboxylic acids is 1. The second-order valence-electron chi connectivity index (χ2n) is 4.31. The van der Waals surface area contributed by atoms with Crippen LogP contribution in [0.15, 0.2) is 12.3 Å². The maximum absolute atomic E-state index is 12.0. The predicted octanol–water partition coefficient (Wildman–Crippen LogP) is 1.34. The Morgan fingerprint density at radius 1 is 1.53 bits per heavy atom. The number of aryl methyl sites for hydroxylation is 1. The third kappa shape index (κ3) is 2.94. The summed E-state index contributed by atoms with van der Waals surface area (Å²) in [5.74, 6) is 0.645. The van der Waals surface area contributed by atoms with E-state index >= 15 is 0 Å². The number of hydrogen-bond donors (Lipinski definition) is 2. The summed E-state index contributed by atoms with van der Waals surface area (Å²) in [4.78, 5) is 16.1. The van der Waals surface area contributed by atoms with Crippen LogP contribution in [-0.4, -0.2) is 24.1 Å². The van der Waals surface area contributed by atoms with E-state index in [4.69, 9.17) is 10.5 Å². The van der Waals surface area contributed by atoms with Crippen LogP contribution in [0.2, 0.25) is 0 Å². The molecule has 1 amide bonds. The first-order valence-corrected chi connectivity index (χ1v) is 5.77. The van der Waals surface area contributed by atoms with E-state index in [9.17, 15) is 4.79 Å². The van der Waals surface area contributed by atoms with Gasteiger partial charge in [0.15, 0.2) is 0 Å². The Labute approximate surface area is 100 Å². The first-order valence-electron chi connectivity index (χ1n) is 5.77. The summed E-state index contributed by atoms with van der Waals surface area (Å²) in [5.41, 5.74) is 7.09. The maximum Gasteiger partial charge on any atom is 0.228 e. The summed E-state index contributed by atoms with van der Waals surface area (Å²) in [5, 5.41) is 2.85. The largest absolute Gasteiger partial charge is 0.397 e. The van der Waals surface area contributed by atoms with Crippen molar-refractivity contribution in [2.45, 2.75) is 19.8 Å². The van der Waals surface area contributed by atoms with Gasteiger partial charge in [-0.2, -0.15) is 0 Å². The number of pyridine rings is 1. The number of carbonyl (C=O) groups is 1. The lowest BCUT2D eigenvalue weighted by Crippen LogP contribution is -2.29. The zero-order valence-corrected chi connectivity index (χ0v) is 9.90. The molecule has 2 heterocycles.